The van der Waals surface area contributed by atoms with Crippen LogP contribution in [-0.4, -0.2) is 29.0 Å². The summed E-state index contributed by atoms with van der Waals surface area (Å²) in [6.45, 7) is 6.17. The largest absolute Gasteiger partial charge is 0.385 e. The molecule has 1 fully saturated rings. The topological polar surface area (TPSA) is 66.9 Å². The van der Waals surface area contributed by atoms with Crippen molar-refractivity contribution >= 4 is 11.6 Å². The van der Waals surface area contributed by atoms with Crippen LogP contribution in [0.5, 0.6) is 0 Å². The monoisotopic (exact) mass is 290 g/mol. The fourth-order valence-corrected chi connectivity index (χ4v) is 2.37. The SMILES string of the molecule is CCC(CC1CC1)NC(=O)c1nc(C(C)C)ncc1NC. The van der Waals surface area contributed by atoms with Gasteiger partial charge in [-0.1, -0.05) is 33.6 Å². The van der Waals surface area contributed by atoms with E-state index in [1.165, 1.54) is 12.8 Å². The predicted octanol–water partition coefficient (Wildman–Crippen LogP) is 2.95. The van der Waals surface area contributed by atoms with Crippen molar-refractivity contribution in [1.82, 2.24) is 15.3 Å². The predicted molar refractivity (Wildman–Crippen MR) is 84.6 cm³/mol. The Kier molecular flexibility index (Phi) is 5.15. The van der Waals surface area contributed by atoms with E-state index in [4.69, 9.17) is 0 Å². The van der Waals surface area contributed by atoms with Crippen molar-refractivity contribution in [1.29, 1.82) is 0 Å². The molecule has 1 aromatic heterocycles. The first-order chi connectivity index (χ1) is 10.0. The van der Waals surface area contributed by atoms with E-state index in [9.17, 15) is 4.79 Å². The molecule has 0 aliphatic heterocycles. The molecule has 2 rings (SSSR count). The van der Waals surface area contributed by atoms with Gasteiger partial charge in [-0.2, -0.15) is 0 Å². The van der Waals surface area contributed by atoms with Crippen LogP contribution in [0.1, 0.15) is 68.7 Å². The number of aromatic nitrogens is 2. The molecule has 116 valence electrons. The van der Waals surface area contributed by atoms with Crippen LogP contribution in [0.2, 0.25) is 0 Å². The number of amides is 1. The zero-order chi connectivity index (χ0) is 15.4. The van der Waals surface area contributed by atoms with Gasteiger partial charge in [0, 0.05) is 19.0 Å². The number of carbonyl (C=O) groups excluding carboxylic acids is 1. The van der Waals surface area contributed by atoms with Crippen LogP contribution in [-0.2, 0) is 0 Å². The van der Waals surface area contributed by atoms with Crippen molar-refractivity contribution in [2.24, 2.45) is 5.92 Å². The van der Waals surface area contributed by atoms with Gasteiger partial charge in [0.05, 0.1) is 11.9 Å². The molecule has 0 spiro atoms. The summed E-state index contributed by atoms with van der Waals surface area (Å²) in [5.74, 6) is 1.61. The lowest BCUT2D eigenvalue weighted by atomic mass is 10.1. The summed E-state index contributed by atoms with van der Waals surface area (Å²) < 4.78 is 0. The van der Waals surface area contributed by atoms with Gasteiger partial charge in [-0.05, 0) is 18.8 Å². The van der Waals surface area contributed by atoms with E-state index >= 15 is 0 Å². The summed E-state index contributed by atoms with van der Waals surface area (Å²) in [6.07, 6.45) is 6.34. The van der Waals surface area contributed by atoms with Crippen LogP contribution in [0.25, 0.3) is 0 Å². The van der Waals surface area contributed by atoms with Gasteiger partial charge in [-0.15, -0.1) is 0 Å². The van der Waals surface area contributed by atoms with Crippen LogP contribution in [0, 0.1) is 5.92 Å². The molecule has 1 saturated carbocycles. The molecule has 1 atom stereocenters. The smallest absolute Gasteiger partial charge is 0.272 e. The van der Waals surface area contributed by atoms with Gasteiger partial charge < -0.3 is 10.6 Å². The maximum absolute atomic E-state index is 12.5. The Bertz CT molecular complexity index is 497. The van der Waals surface area contributed by atoms with Crippen molar-refractivity contribution < 1.29 is 4.79 Å². The van der Waals surface area contributed by atoms with Gasteiger partial charge in [-0.3, -0.25) is 4.79 Å². The lowest BCUT2D eigenvalue weighted by Gasteiger charge is -2.18. The van der Waals surface area contributed by atoms with Crippen LogP contribution in [0.15, 0.2) is 6.20 Å². The first-order valence-corrected chi connectivity index (χ1v) is 7.90. The van der Waals surface area contributed by atoms with Crippen molar-refractivity contribution in [3.8, 4) is 0 Å². The molecule has 1 unspecified atom stereocenters. The molecule has 0 saturated heterocycles. The summed E-state index contributed by atoms with van der Waals surface area (Å²) in [6, 6.07) is 0.243. The Morgan fingerprint density at radius 3 is 2.67 bits per heavy atom. The number of nitrogens with zero attached hydrogens (tertiary/aromatic N) is 2. The van der Waals surface area contributed by atoms with E-state index in [1.807, 2.05) is 13.8 Å². The molecule has 0 aromatic carbocycles. The standard InChI is InChI=1S/C16H26N4O/c1-5-12(8-11-6-7-11)19-16(21)14-13(17-4)9-18-15(20-14)10(2)3/h9-12,17H,5-8H2,1-4H3,(H,19,21). The highest BCUT2D eigenvalue weighted by Crippen LogP contribution is 2.34. The summed E-state index contributed by atoms with van der Waals surface area (Å²) in [5.41, 5.74) is 1.13. The molecule has 21 heavy (non-hydrogen) atoms. The fraction of sp³-hybridized carbons (Fsp3) is 0.688. The Balaban J connectivity index is 2.13. The molecule has 5 heteroatoms. The Hall–Kier alpha value is -1.65. The van der Waals surface area contributed by atoms with Crippen LogP contribution < -0.4 is 10.6 Å². The normalized spacial score (nSPS) is 15.9. The number of hydrogen-bond acceptors (Lipinski definition) is 4. The highest BCUT2D eigenvalue weighted by atomic mass is 16.2. The van der Waals surface area contributed by atoms with Crippen molar-refractivity contribution in [2.75, 3.05) is 12.4 Å². The average molecular weight is 290 g/mol. The molecule has 1 heterocycles. The van der Waals surface area contributed by atoms with Gasteiger partial charge in [0.2, 0.25) is 0 Å². The maximum atomic E-state index is 12.5. The number of nitrogens with one attached hydrogen (secondary N) is 2. The minimum atomic E-state index is -0.101. The number of hydrogen-bond donors (Lipinski definition) is 2. The minimum absolute atomic E-state index is 0.101. The highest BCUT2D eigenvalue weighted by Gasteiger charge is 2.26. The van der Waals surface area contributed by atoms with Crippen molar-refractivity contribution in [3.05, 3.63) is 17.7 Å². The lowest BCUT2D eigenvalue weighted by Crippen LogP contribution is -2.36. The van der Waals surface area contributed by atoms with E-state index in [0.29, 0.717) is 17.2 Å². The average Bonchev–Trinajstić information content (AvgIpc) is 3.29. The maximum Gasteiger partial charge on any atom is 0.272 e. The molecule has 0 bridgehead atoms. The summed E-state index contributed by atoms with van der Waals surface area (Å²) in [7, 11) is 1.78. The van der Waals surface area contributed by atoms with Gasteiger partial charge in [0.15, 0.2) is 5.69 Å². The molecule has 1 aliphatic carbocycles. The fourth-order valence-electron chi connectivity index (χ4n) is 2.37. The Morgan fingerprint density at radius 2 is 2.14 bits per heavy atom. The molecule has 2 N–H and O–H groups in total. The van der Waals surface area contributed by atoms with Gasteiger partial charge in [0.1, 0.15) is 5.82 Å². The Morgan fingerprint density at radius 1 is 1.43 bits per heavy atom. The first-order valence-electron chi connectivity index (χ1n) is 7.90. The minimum Gasteiger partial charge on any atom is -0.385 e. The molecular formula is C16H26N4O. The third kappa shape index (κ3) is 4.16. The first kappa shape index (κ1) is 15.7. The van der Waals surface area contributed by atoms with E-state index in [2.05, 4.69) is 27.5 Å². The van der Waals surface area contributed by atoms with E-state index in [0.717, 1.165) is 18.8 Å². The Labute approximate surface area is 127 Å². The molecule has 1 aliphatic rings. The van der Waals surface area contributed by atoms with Crippen molar-refractivity contribution in [2.45, 2.75) is 58.4 Å². The number of carbonyl (C=O) groups is 1. The quantitative estimate of drug-likeness (QED) is 0.810. The second kappa shape index (κ2) is 6.87. The molecule has 1 amide bonds. The highest BCUT2D eigenvalue weighted by molar-refractivity contribution is 5.97. The zero-order valence-corrected chi connectivity index (χ0v) is 13.4. The molecular weight excluding hydrogens is 264 g/mol. The second-order valence-electron chi connectivity index (χ2n) is 6.15. The van der Waals surface area contributed by atoms with E-state index in [-0.39, 0.29) is 17.9 Å². The van der Waals surface area contributed by atoms with Crippen LogP contribution >= 0.6 is 0 Å². The third-order valence-corrected chi connectivity index (χ3v) is 3.95. The number of rotatable bonds is 7. The summed E-state index contributed by atoms with van der Waals surface area (Å²) >= 11 is 0. The summed E-state index contributed by atoms with van der Waals surface area (Å²) in [5, 5.41) is 6.13. The molecule has 0 radical (unpaired) electrons. The van der Waals surface area contributed by atoms with E-state index < -0.39 is 0 Å². The second-order valence-corrected chi connectivity index (χ2v) is 6.15. The van der Waals surface area contributed by atoms with Gasteiger partial charge in [0.25, 0.3) is 5.91 Å². The van der Waals surface area contributed by atoms with E-state index in [1.54, 1.807) is 13.2 Å². The third-order valence-electron chi connectivity index (χ3n) is 3.95. The lowest BCUT2D eigenvalue weighted by molar-refractivity contribution is 0.0928. The van der Waals surface area contributed by atoms with Gasteiger partial charge in [-0.25, -0.2) is 9.97 Å². The van der Waals surface area contributed by atoms with Crippen LogP contribution in [0.3, 0.4) is 0 Å². The number of anilines is 1. The van der Waals surface area contributed by atoms with Crippen molar-refractivity contribution in [3.63, 3.8) is 0 Å². The zero-order valence-electron chi connectivity index (χ0n) is 13.4. The van der Waals surface area contributed by atoms with Gasteiger partial charge >= 0.3 is 0 Å². The summed E-state index contributed by atoms with van der Waals surface area (Å²) in [4.78, 5) is 21.3. The molecule has 5 nitrogen and oxygen atoms in total. The molecule has 1 aromatic rings. The van der Waals surface area contributed by atoms with Crippen LogP contribution in [0.4, 0.5) is 5.69 Å².